The van der Waals surface area contributed by atoms with Gasteiger partial charge in [-0.15, -0.1) is 0 Å². The van der Waals surface area contributed by atoms with E-state index in [1.54, 1.807) is 11.9 Å². The molecule has 116 valence electrons. The molecule has 5 nitrogen and oxygen atoms in total. The van der Waals surface area contributed by atoms with Crippen molar-refractivity contribution < 1.29 is 5.11 Å². The molecule has 3 rings (SSSR count). The highest BCUT2D eigenvalue weighted by Gasteiger charge is 2.04. The molecule has 0 fully saturated rings. The van der Waals surface area contributed by atoms with Gasteiger partial charge in [0, 0.05) is 12.3 Å². The molecule has 0 aliphatic carbocycles. The van der Waals surface area contributed by atoms with Gasteiger partial charge >= 0.3 is 4.87 Å². The molecule has 1 N–H and O–H groups in total. The highest BCUT2D eigenvalue weighted by molar-refractivity contribution is 7.97. The Bertz CT molecular complexity index is 806. The number of unbranched alkanes of at least 4 members (excludes halogenated alkanes) is 2. The van der Waals surface area contributed by atoms with Crippen LogP contribution in [0.2, 0.25) is 0 Å². The van der Waals surface area contributed by atoms with Crippen LogP contribution in [-0.4, -0.2) is 24.4 Å². The van der Waals surface area contributed by atoms with E-state index in [0.29, 0.717) is 6.54 Å². The fraction of sp³-hybridized carbons (Fsp3) is 0.333. The summed E-state index contributed by atoms with van der Waals surface area (Å²) in [6.07, 6.45) is 4.85. The van der Waals surface area contributed by atoms with Crippen molar-refractivity contribution in [1.29, 1.82) is 0 Å². The van der Waals surface area contributed by atoms with Crippen LogP contribution in [0.4, 0.5) is 0 Å². The van der Waals surface area contributed by atoms with Gasteiger partial charge in [-0.2, -0.15) is 0 Å². The lowest BCUT2D eigenvalue weighted by Crippen LogP contribution is -2.12. The molecule has 0 amide bonds. The van der Waals surface area contributed by atoms with Crippen molar-refractivity contribution in [3.8, 4) is 5.88 Å². The monoisotopic (exact) mass is 335 g/mol. The second-order valence-corrected chi connectivity index (χ2v) is 6.84. The number of aromatic hydroxyl groups is 1. The first kappa shape index (κ1) is 15.2. The van der Waals surface area contributed by atoms with Gasteiger partial charge in [0.1, 0.15) is 6.33 Å². The zero-order valence-corrected chi connectivity index (χ0v) is 13.6. The van der Waals surface area contributed by atoms with Crippen LogP contribution < -0.4 is 4.87 Å². The lowest BCUT2D eigenvalue weighted by atomic mass is 10.2. The lowest BCUT2D eigenvalue weighted by Gasteiger charge is -2.04. The SMILES string of the molecule is O=c1scc(O)n1CCCCCSn1cnc2ccccc21. The number of para-hydroxylation sites is 2. The average Bonchev–Trinajstić information content (AvgIpc) is 3.08. The Kier molecular flexibility index (Phi) is 4.84. The minimum Gasteiger partial charge on any atom is -0.494 e. The average molecular weight is 335 g/mol. The summed E-state index contributed by atoms with van der Waals surface area (Å²) in [6.45, 7) is 0.590. The number of fused-ring (bicyclic) bond motifs is 1. The van der Waals surface area contributed by atoms with Gasteiger partial charge in [0.15, 0.2) is 0 Å². The summed E-state index contributed by atoms with van der Waals surface area (Å²) in [5.41, 5.74) is 2.16. The smallest absolute Gasteiger partial charge is 0.309 e. The molecule has 0 atom stereocenters. The third-order valence-electron chi connectivity index (χ3n) is 3.44. The number of imidazole rings is 1. The van der Waals surface area contributed by atoms with Crippen LogP contribution in [0.25, 0.3) is 11.0 Å². The van der Waals surface area contributed by atoms with Crippen LogP contribution in [0.1, 0.15) is 19.3 Å². The summed E-state index contributed by atoms with van der Waals surface area (Å²) in [7, 11) is 0. The molecule has 0 spiro atoms. The molecule has 1 aromatic carbocycles. The van der Waals surface area contributed by atoms with Crippen molar-refractivity contribution in [2.75, 3.05) is 5.75 Å². The molecule has 2 aromatic heterocycles. The summed E-state index contributed by atoms with van der Waals surface area (Å²) in [5, 5.41) is 11.0. The summed E-state index contributed by atoms with van der Waals surface area (Å²) < 4.78 is 3.53. The van der Waals surface area contributed by atoms with Gasteiger partial charge in [-0.3, -0.25) is 13.3 Å². The number of thiazole rings is 1. The second kappa shape index (κ2) is 7.02. The molecule has 0 saturated heterocycles. The fourth-order valence-corrected chi connectivity index (χ4v) is 3.86. The molecule has 22 heavy (non-hydrogen) atoms. The van der Waals surface area contributed by atoms with Crippen molar-refractivity contribution >= 4 is 34.3 Å². The van der Waals surface area contributed by atoms with Gasteiger partial charge < -0.3 is 5.11 Å². The van der Waals surface area contributed by atoms with E-state index in [-0.39, 0.29) is 10.8 Å². The Hall–Kier alpha value is -1.73. The zero-order chi connectivity index (χ0) is 15.4. The molecule has 0 radical (unpaired) electrons. The highest BCUT2D eigenvalue weighted by Crippen LogP contribution is 2.19. The van der Waals surface area contributed by atoms with Gasteiger partial charge in [0.05, 0.1) is 16.4 Å². The van der Waals surface area contributed by atoms with E-state index in [0.717, 1.165) is 47.4 Å². The molecule has 3 aromatic rings. The van der Waals surface area contributed by atoms with Crippen LogP contribution in [0.3, 0.4) is 0 Å². The van der Waals surface area contributed by atoms with Crippen molar-refractivity contribution in [3.05, 3.63) is 45.6 Å². The van der Waals surface area contributed by atoms with E-state index in [9.17, 15) is 9.90 Å². The zero-order valence-electron chi connectivity index (χ0n) is 12.0. The van der Waals surface area contributed by atoms with E-state index < -0.39 is 0 Å². The quantitative estimate of drug-likeness (QED) is 0.673. The molecular formula is C15H17N3O2S2. The van der Waals surface area contributed by atoms with Crippen LogP contribution in [0.5, 0.6) is 5.88 Å². The Labute approximate surface area is 136 Å². The molecule has 0 saturated carbocycles. The van der Waals surface area contributed by atoms with Crippen LogP contribution in [-0.2, 0) is 6.54 Å². The van der Waals surface area contributed by atoms with E-state index >= 15 is 0 Å². The third-order valence-corrected chi connectivity index (χ3v) is 5.23. The predicted molar refractivity (Wildman–Crippen MR) is 91.7 cm³/mol. The molecule has 0 unspecified atom stereocenters. The number of aromatic nitrogens is 3. The summed E-state index contributed by atoms with van der Waals surface area (Å²) in [4.78, 5) is 15.7. The van der Waals surface area contributed by atoms with E-state index in [1.807, 2.05) is 24.5 Å². The van der Waals surface area contributed by atoms with Crippen LogP contribution in [0.15, 0.2) is 40.8 Å². The van der Waals surface area contributed by atoms with Gasteiger partial charge in [-0.1, -0.05) is 29.9 Å². The largest absolute Gasteiger partial charge is 0.494 e. The van der Waals surface area contributed by atoms with E-state index in [2.05, 4.69) is 15.0 Å². The minimum absolute atomic E-state index is 0.0780. The summed E-state index contributed by atoms with van der Waals surface area (Å²) in [6, 6.07) is 8.09. The van der Waals surface area contributed by atoms with Crippen molar-refractivity contribution in [3.63, 3.8) is 0 Å². The number of rotatable bonds is 7. The van der Waals surface area contributed by atoms with Crippen LogP contribution >= 0.6 is 23.3 Å². The van der Waals surface area contributed by atoms with Gasteiger partial charge in [0.25, 0.3) is 0 Å². The Morgan fingerprint density at radius 3 is 2.91 bits per heavy atom. The summed E-state index contributed by atoms with van der Waals surface area (Å²) in [5.74, 6) is 1.08. The van der Waals surface area contributed by atoms with E-state index in [1.165, 1.54) is 9.95 Å². The van der Waals surface area contributed by atoms with Crippen molar-refractivity contribution in [2.45, 2.75) is 25.8 Å². The standard InChI is InChI=1S/C15H17N3O2S2/c19-14-10-21-15(20)17(14)8-4-1-5-9-22-18-11-16-12-6-2-3-7-13(12)18/h2-3,6-7,10-11,19H,1,4-5,8-9H2. The molecule has 2 heterocycles. The number of nitrogens with zero attached hydrogens (tertiary/aromatic N) is 3. The van der Waals surface area contributed by atoms with Gasteiger partial charge in [-0.05, 0) is 36.9 Å². The Balaban J connectivity index is 1.42. The van der Waals surface area contributed by atoms with Gasteiger partial charge in [0.2, 0.25) is 5.88 Å². The Morgan fingerprint density at radius 1 is 1.23 bits per heavy atom. The highest BCUT2D eigenvalue weighted by atomic mass is 32.2. The molecular weight excluding hydrogens is 318 g/mol. The van der Waals surface area contributed by atoms with E-state index in [4.69, 9.17) is 0 Å². The maximum atomic E-state index is 11.4. The number of benzene rings is 1. The topological polar surface area (TPSA) is 60.0 Å². The minimum atomic E-state index is -0.0863. The molecule has 0 bridgehead atoms. The van der Waals surface area contributed by atoms with Crippen LogP contribution in [0, 0.1) is 0 Å². The fourth-order valence-electron chi connectivity index (χ4n) is 2.28. The first-order valence-corrected chi connectivity index (χ1v) is 9.00. The normalized spacial score (nSPS) is 11.3. The first-order chi connectivity index (χ1) is 10.8. The third kappa shape index (κ3) is 3.36. The summed E-state index contributed by atoms with van der Waals surface area (Å²) >= 11 is 2.79. The molecule has 7 heteroatoms. The second-order valence-electron chi connectivity index (χ2n) is 4.96. The van der Waals surface area contributed by atoms with Gasteiger partial charge in [-0.25, -0.2) is 4.98 Å². The molecule has 0 aliphatic rings. The molecule has 0 aliphatic heterocycles. The Morgan fingerprint density at radius 2 is 2.09 bits per heavy atom. The first-order valence-electron chi connectivity index (χ1n) is 7.18. The lowest BCUT2D eigenvalue weighted by molar-refractivity contribution is 0.407. The maximum absolute atomic E-state index is 11.4. The number of hydrogen-bond donors (Lipinski definition) is 1. The predicted octanol–water partition coefficient (Wildman–Crippen LogP) is 3.33. The number of hydrogen-bond acceptors (Lipinski definition) is 5. The maximum Gasteiger partial charge on any atom is 0.309 e. The van der Waals surface area contributed by atoms with Crippen molar-refractivity contribution in [2.24, 2.45) is 0 Å². The van der Waals surface area contributed by atoms with Crippen molar-refractivity contribution in [1.82, 2.24) is 13.5 Å².